The average Bonchev–Trinajstić information content (AvgIpc) is 3.08. The minimum absolute atomic E-state index is 0.324. The predicted molar refractivity (Wildman–Crippen MR) is 105 cm³/mol. The summed E-state index contributed by atoms with van der Waals surface area (Å²) in [6.45, 7) is 2.54. The number of phenols is 1. The van der Waals surface area contributed by atoms with Crippen molar-refractivity contribution in [3.05, 3.63) is 77.9 Å². The maximum absolute atomic E-state index is 10.4. The van der Waals surface area contributed by atoms with Crippen molar-refractivity contribution < 1.29 is 5.11 Å². The Morgan fingerprint density at radius 3 is 2.93 bits per heavy atom. The maximum Gasteiger partial charge on any atom is 0.120 e. The molecule has 0 aliphatic carbocycles. The van der Waals surface area contributed by atoms with E-state index < -0.39 is 0 Å². The Hall–Kier alpha value is -3.18. The van der Waals surface area contributed by atoms with Crippen molar-refractivity contribution in [2.45, 2.75) is 19.5 Å². The molecule has 0 bridgehead atoms. The molecule has 0 spiro atoms. The molecule has 5 heteroatoms. The second-order valence-corrected chi connectivity index (χ2v) is 7.02. The number of rotatable bonds is 3. The topological polar surface area (TPSA) is 65.0 Å². The lowest BCUT2D eigenvalue weighted by molar-refractivity contribution is 0.240. The smallest absolute Gasteiger partial charge is 0.120 e. The molecule has 0 fully saturated rings. The third-order valence-electron chi connectivity index (χ3n) is 5.29. The summed E-state index contributed by atoms with van der Waals surface area (Å²) in [5.41, 5.74) is 6.62. The molecule has 2 N–H and O–H groups in total. The Kier molecular flexibility index (Phi) is 3.87. The molecule has 0 unspecified atom stereocenters. The van der Waals surface area contributed by atoms with Crippen molar-refractivity contribution in [3.8, 4) is 17.0 Å². The number of fused-ring (bicyclic) bond motifs is 3. The van der Waals surface area contributed by atoms with Gasteiger partial charge in [0.05, 0.1) is 11.9 Å². The molecule has 0 amide bonds. The van der Waals surface area contributed by atoms with E-state index in [1.54, 1.807) is 24.7 Å². The largest absolute Gasteiger partial charge is 0.508 e. The third kappa shape index (κ3) is 2.96. The number of H-pyrrole nitrogens is 1. The Labute approximate surface area is 157 Å². The second kappa shape index (κ2) is 6.52. The summed E-state index contributed by atoms with van der Waals surface area (Å²) in [5, 5.41) is 11.7. The minimum atomic E-state index is 0.324. The van der Waals surface area contributed by atoms with Gasteiger partial charge in [-0.1, -0.05) is 18.2 Å². The molecule has 3 heterocycles. The van der Waals surface area contributed by atoms with Gasteiger partial charge in [0, 0.05) is 59.8 Å². The van der Waals surface area contributed by atoms with Crippen LogP contribution in [0.5, 0.6) is 5.75 Å². The number of aromatic hydroxyl groups is 1. The lowest BCUT2D eigenvalue weighted by Gasteiger charge is -2.27. The normalized spacial score (nSPS) is 14.4. The number of para-hydroxylation sites is 1. The summed E-state index contributed by atoms with van der Waals surface area (Å²) in [6.07, 6.45) is 6.11. The Balaban J connectivity index is 1.41. The first kappa shape index (κ1) is 16.0. The summed E-state index contributed by atoms with van der Waals surface area (Å²) in [7, 11) is 0. The fourth-order valence-electron chi connectivity index (χ4n) is 3.94. The van der Waals surface area contributed by atoms with E-state index in [2.05, 4.69) is 44.1 Å². The number of hydrogen-bond acceptors (Lipinski definition) is 4. The van der Waals surface area contributed by atoms with Crippen LogP contribution >= 0.6 is 0 Å². The molecule has 134 valence electrons. The molecule has 1 aliphatic heterocycles. The highest BCUT2D eigenvalue weighted by molar-refractivity contribution is 5.84. The Bertz CT molecular complexity index is 1100. The van der Waals surface area contributed by atoms with Gasteiger partial charge in [-0.05, 0) is 36.2 Å². The number of aromatic amines is 1. The van der Waals surface area contributed by atoms with E-state index in [4.69, 9.17) is 0 Å². The fraction of sp³-hybridized carbons (Fsp3) is 0.182. The lowest BCUT2D eigenvalue weighted by atomic mass is 10.0. The van der Waals surface area contributed by atoms with Crippen molar-refractivity contribution in [1.82, 2.24) is 19.9 Å². The first-order valence-corrected chi connectivity index (χ1v) is 9.17. The SMILES string of the molecule is Oc1ccc(-c2cnccn2)cc1CN1CCc2c([nH]c3ccccc23)C1. The van der Waals surface area contributed by atoms with Crippen molar-refractivity contribution in [3.63, 3.8) is 0 Å². The molecule has 0 saturated carbocycles. The molecule has 1 aliphatic rings. The molecular formula is C22H20N4O. The van der Waals surface area contributed by atoms with E-state index >= 15 is 0 Å². The second-order valence-electron chi connectivity index (χ2n) is 7.02. The van der Waals surface area contributed by atoms with E-state index in [0.717, 1.165) is 36.3 Å². The average molecular weight is 356 g/mol. The summed E-state index contributed by atoms with van der Waals surface area (Å²) in [4.78, 5) is 14.4. The van der Waals surface area contributed by atoms with E-state index in [1.807, 2.05) is 12.1 Å². The van der Waals surface area contributed by atoms with Crippen LogP contribution in [0.15, 0.2) is 61.1 Å². The van der Waals surface area contributed by atoms with Crippen LogP contribution in [-0.2, 0) is 19.5 Å². The third-order valence-corrected chi connectivity index (χ3v) is 5.29. The first-order valence-electron chi connectivity index (χ1n) is 9.17. The van der Waals surface area contributed by atoms with Crippen LogP contribution in [0.4, 0.5) is 0 Å². The van der Waals surface area contributed by atoms with Crippen LogP contribution in [0.2, 0.25) is 0 Å². The number of hydrogen-bond donors (Lipinski definition) is 2. The van der Waals surface area contributed by atoms with E-state index in [0.29, 0.717) is 12.3 Å². The zero-order valence-corrected chi connectivity index (χ0v) is 14.9. The van der Waals surface area contributed by atoms with Gasteiger partial charge in [-0.3, -0.25) is 14.9 Å². The monoisotopic (exact) mass is 356 g/mol. The van der Waals surface area contributed by atoms with Crippen molar-refractivity contribution >= 4 is 10.9 Å². The zero-order valence-electron chi connectivity index (χ0n) is 14.9. The van der Waals surface area contributed by atoms with Crippen molar-refractivity contribution in [2.24, 2.45) is 0 Å². The number of aromatic nitrogens is 3. The number of benzene rings is 2. The van der Waals surface area contributed by atoms with Gasteiger partial charge in [0.2, 0.25) is 0 Å². The van der Waals surface area contributed by atoms with E-state index in [1.165, 1.54) is 22.2 Å². The summed E-state index contributed by atoms with van der Waals surface area (Å²) >= 11 is 0. The molecule has 27 heavy (non-hydrogen) atoms. The zero-order chi connectivity index (χ0) is 18.2. The Morgan fingerprint density at radius 1 is 1.11 bits per heavy atom. The van der Waals surface area contributed by atoms with Gasteiger partial charge in [-0.2, -0.15) is 0 Å². The predicted octanol–water partition coefficient (Wildman–Crippen LogP) is 3.89. The van der Waals surface area contributed by atoms with Crippen LogP contribution in [0.25, 0.3) is 22.2 Å². The van der Waals surface area contributed by atoms with Gasteiger partial charge in [0.1, 0.15) is 5.75 Å². The fourth-order valence-corrected chi connectivity index (χ4v) is 3.94. The minimum Gasteiger partial charge on any atom is -0.508 e. The van der Waals surface area contributed by atoms with Gasteiger partial charge in [-0.15, -0.1) is 0 Å². The molecule has 5 nitrogen and oxygen atoms in total. The Morgan fingerprint density at radius 2 is 2.04 bits per heavy atom. The van der Waals surface area contributed by atoms with E-state index in [-0.39, 0.29) is 0 Å². The summed E-state index contributed by atoms with van der Waals surface area (Å²) in [6, 6.07) is 14.1. The van der Waals surface area contributed by atoms with Gasteiger partial charge in [-0.25, -0.2) is 0 Å². The molecular weight excluding hydrogens is 336 g/mol. The first-order chi connectivity index (χ1) is 13.3. The maximum atomic E-state index is 10.4. The highest BCUT2D eigenvalue weighted by Gasteiger charge is 2.21. The molecule has 0 atom stereocenters. The van der Waals surface area contributed by atoms with Crippen LogP contribution in [-0.4, -0.2) is 31.5 Å². The van der Waals surface area contributed by atoms with Gasteiger partial charge >= 0.3 is 0 Å². The van der Waals surface area contributed by atoms with Crippen molar-refractivity contribution in [1.29, 1.82) is 0 Å². The summed E-state index contributed by atoms with van der Waals surface area (Å²) < 4.78 is 0. The highest BCUT2D eigenvalue weighted by atomic mass is 16.3. The molecule has 5 rings (SSSR count). The molecule has 0 radical (unpaired) electrons. The van der Waals surface area contributed by atoms with Crippen molar-refractivity contribution in [2.75, 3.05) is 6.54 Å². The van der Waals surface area contributed by atoms with Gasteiger partial charge < -0.3 is 10.1 Å². The van der Waals surface area contributed by atoms with E-state index in [9.17, 15) is 5.11 Å². The molecule has 0 saturated heterocycles. The number of phenolic OH excluding ortho intramolecular Hbond substituents is 1. The lowest BCUT2D eigenvalue weighted by Crippen LogP contribution is -2.29. The molecule has 2 aromatic heterocycles. The van der Waals surface area contributed by atoms with Crippen LogP contribution in [0, 0.1) is 0 Å². The highest BCUT2D eigenvalue weighted by Crippen LogP contribution is 2.30. The summed E-state index contributed by atoms with van der Waals surface area (Å²) in [5.74, 6) is 0.324. The number of nitrogens with one attached hydrogen (secondary N) is 1. The molecule has 4 aromatic rings. The van der Waals surface area contributed by atoms with Crippen LogP contribution in [0.1, 0.15) is 16.8 Å². The number of nitrogens with zero attached hydrogens (tertiary/aromatic N) is 3. The van der Waals surface area contributed by atoms with Crippen LogP contribution in [0.3, 0.4) is 0 Å². The van der Waals surface area contributed by atoms with Crippen LogP contribution < -0.4 is 0 Å². The molecule has 2 aromatic carbocycles. The van der Waals surface area contributed by atoms with Gasteiger partial charge in [0.25, 0.3) is 0 Å². The quantitative estimate of drug-likeness (QED) is 0.584. The standard InChI is InChI=1S/C22H20N4O/c27-22-6-5-15(20-12-23-8-9-24-20)11-16(22)13-26-10-7-18-17-3-1-2-4-19(17)25-21(18)14-26/h1-6,8-9,11-12,25,27H,7,10,13-14H2. The van der Waals surface area contributed by atoms with Gasteiger partial charge in [0.15, 0.2) is 0 Å².